The van der Waals surface area contributed by atoms with Crippen molar-refractivity contribution in [3.63, 3.8) is 0 Å². The van der Waals surface area contributed by atoms with E-state index in [9.17, 15) is 4.79 Å². The number of fused-ring (bicyclic) bond motifs is 2. The minimum Gasteiger partial charge on any atom is -0.481 e. The first-order valence-electron chi connectivity index (χ1n) is 8.29. The van der Waals surface area contributed by atoms with Gasteiger partial charge in [-0.1, -0.05) is 35.5 Å². The first-order valence-corrected chi connectivity index (χ1v) is 9.48. The lowest BCUT2D eigenvalue weighted by Gasteiger charge is -2.33. The molecule has 1 aliphatic heterocycles. The van der Waals surface area contributed by atoms with E-state index in [1.165, 1.54) is 15.5 Å². The fourth-order valence-corrected chi connectivity index (χ4v) is 4.18. The third-order valence-electron chi connectivity index (χ3n) is 4.22. The number of anilines is 2. The SMILES string of the molecule is CN(CCCN1c2ccccc2Sc2ccc(Cl)cc21)CCC(=O)O. The van der Waals surface area contributed by atoms with E-state index in [4.69, 9.17) is 16.7 Å². The first kappa shape index (κ1) is 18.1. The number of nitrogens with zero attached hydrogens (tertiary/aromatic N) is 2. The van der Waals surface area contributed by atoms with Crippen LogP contribution < -0.4 is 4.90 Å². The first-order chi connectivity index (χ1) is 12.0. The predicted molar refractivity (Wildman–Crippen MR) is 103 cm³/mol. The fraction of sp³-hybridized carbons (Fsp3) is 0.316. The summed E-state index contributed by atoms with van der Waals surface area (Å²) in [6.07, 6.45) is 1.12. The summed E-state index contributed by atoms with van der Waals surface area (Å²) in [4.78, 5) is 17.5. The van der Waals surface area contributed by atoms with Gasteiger partial charge in [-0.05, 0) is 50.3 Å². The maximum absolute atomic E-state index is 10.7. The van der Waals surface area contributed by atoms with Crippen molar-refractivity contribution < 1.29 is 9.90 Å². The van der Waals surface area contributed by atoms with E-state index in [1.54, 1.807) is 11.8 Å². The van der Waals surface area contributed by atoms with E-state index < -0.39 is 5.97 Å². The highest BCUT2D eigenvalue weighted by Gasteiger charge is 2.23. The van der Waals surface area contributed by atoms with Crippen LogP contribution in [0.1, 0.15) is 12.8 Å². The van der Waals surface area contributed by atoms with E-state index in [-0.39, 0.29) is 6.42 Å². The topological polar surface area (TPSA) is 43.8 Å². The average Bonchev–Trinajstić information content (AvgIpc) is 2.59. The number of hydrogen-bond donors (Lipinski definition) is 1. The molecule has 4 nitrogen and oxygen atoms in total. The van der Waals surface area contributed by atoms with Crippen molar-refractivity contribution in [1.82, 2.24) is 4.90 Å². The monoisotopic (exact) mass is 376 g/mol. The molecule has 2 aromatic carbocycles. The van der Waals surface area contributed by atoms with Crippen molar-refractivity contribution in [3.05, 3.63) is 47.5 Å². The van der Waals surface area contributed by atoms with E-state index in [0.29, 0.717) is 6.54 Å². The van der Waals surface area contributed by atoms with Gasteiger partial charge in [0.05, 0.1) is 17.8 Å². The molecule has 0 atom stereocenters. The van der Waals surface area contributed by atoms with Crippen molar-refractivity contribution >= 4 is 40.7 Å². The van der Waals surface area contributed by atoms with Crippen LogP contribution in [0.2, 0.25) is 5.02 Å². The second-order valence-corrected chi connectivity index (χ2v) is 7.65. The van der Waals surface area contributed by atoms with Crippen LogP contribution in [0.15, 0.2) is 52.3 Å². The summed E-state index contributed by atoms with van der Waals surface area (Å²) in [5.74, 6) is -0.752. The molecule has 0 saturated heterocycles. The molecule has 0 aliphatic carbocycles. The molecule has 0 amide bonds. The Morgan fingerprint density at radius 3 is 2.72 bits per heavy atom. The normalized spacial score (nSPS) is 12.8. The van der Waals surface area contributed by atoms with Gasteiger partial charge in [-0.2, -0.15) is 0 Å². The standard InChI is InChI=1S/C19H21ClN2O2S/c1-21(12-9-19(23)24)10-4-11-22-15-5-2-3-6-17(15)25-18-8-7-14(20)13-16(18)22/h2-3,5-8,13H,4,9-12H2,1H3,(H,23,24). The molecule has 25 heavy (non-hydrogen) atoms. The molecule has 1 N–H and O–H groups in total. The number of halogens is 1. The second-order valence-electron chi connectivity index (χ2n) is 6.13. The summed E-state index contributed by atoms with van der Waals surface area (Å²) in [5.41, 5.74) is 2.35. The lowest BCUT2D eigenvalue weighted by atomic mass is 10.2. The quantitative estimate of drug-likeness (QED) is 0.756. The van der Waals surface area contributed by atoms with Crippen molar-refractivity contribution in [1.29, 1.82) is 0 Å². The molecule has 0 saturated carbocycles. The van der Waals surface area contributed by atoms with Gasteiger partial charge >= 0.3 is 5.97 Å². The van der Waals surface area contributed by atoms with Gasteiger partial charge in [0.2, 0.25) is 0 Å². The lowest BCUT2D eigenvalue weighted by molar-refractivity contribution is -0.137. The molecular formula is C19H21ClN2O2S. The molecule has 0 aromatic heterocycles. The minimum absolute atomic E-state index is 0.179. The zero-order chi connectivity index (χ0) is 17.8. The predicted octanol–water partition coefficient (Wildman–Crippen LogP) is 4.74. The number of para-hydroxylation sites is 1. The minimum atomic E-state index is -0.752. The zero-order valence-electron chi connectivity index (χ0n) is 14.1. The Hall–Kier alpha value is -1.69. The molecular weight excluding hydrogens is 356 g/mol. The summed E-state index contributed by atoms with van der Waals surface area (Å²) in [5, 5.41) is 9.52. The molecule has 1 heterocycles. The number of aliphatic carboxylic acids is 1. The van der Waals surface area contributed by atoms with Gasteiger partial charge in [-0.3, -0.25) is 4.79 Å². The largest absolute Gasteiger partial charge is 0.481 e. The summed E-state index contributed by atoms with van der Waals surface area (Å²) in [6, 6.07) is 14.4. The van der Waals surface area contributed by atoms with Crippen molar-refractivity contribution in [2.24, 2.45) is 0 Å². The number of carboxylic acid groups (broad SMARTS) is 1. The third kappa shape index (κ3) is 4.48. The van der Waals surface area contributed by atoms with Crippen LogP contribution >= 0.6 is 23.4 Å². The van der Waals surface area contributed by atoms with E-state index in [2.05, 4.69) is 40.1 Å². The van der Waals surface area contributed by atoms with Crippen molar-refractivity contribution in [2.75, 3.05) is 31.6 Å². The summed E-state index contributed by atoms with van der Waals surface area (Å²) in [7, 11) is 1.97. The molecule has 6 heteroatoms. The van der Waals surface area contributed by atoms with Crippen LogP contribution in [0.5, 0.6) is 0 Å². The van der Waals surface area contributed by atoms with Gasteiger partial charge in [-0.15, -0.1) is 0 Å². The van der Waals surface area contributed by atoms with Crippen molar-refractivity contribution in [2.45, 2.75) is 22.6 Å². The lowest BCUT2D eigenvalue weighted by Crippen LogP contribution is -2.28. The van der Waals surface area contributed by atoms with Gasteiger partial charge in [-0.25, -0.2) is 0 Å². The Balaban J connectivity index is 1.72. The van der Waals surface area contributed by atoms with Crippen LogP contribution in [0.4, 0.5) is 11.4 Å². The highest BCUT2D eigenvalue weighted by molar-refractivity contribution is 7.99. The maximum Gasteiger partial charge on any atom is 0.304 e. The van der Waals surface area contributed by atoms with E-state index >= 15 is 0 Å². The Bertz CT molecular complexity index is 769. The molecule has 0 bridgehead atoms. The molecule has 0 radical (unpaired) electrons. The molecule has 0 fully saturated rings. The van der Waals surface area contributed by atoms with Gasteiger partial charge in [0.25, 0.3) is 0 Å². The Labute approximate surface area is 157 Å². The van der Waals surface area contributed by atoms with Crippen LogP contribution in [-0.2, 0) is 4.79 Å². The van der Waals surface area contributed by atoms with Crippen LogP contribution in [0, 0.1) is 0 Å². The van der Waals surface area contributed by atoms with Crippen molar-refractivity contribution in [3.8, 4) is 0 Å². The number of rotatable bonds is 7. The molecule has 132 valence electrons. The van der Waals surface area contributed by atoms with Gasteiger partial charge in [0.1, 0.15) is 0 Å². The second kappa shape index (κ2) is 8.13. The number of carbonyl (C=O) groups is 1. The number of benzene rings is 2. The van der Waals surface area contributed by atoms with Crippen LogP contribution in [0.3, 0.4) is 0 Å². The number of carboxylic acids is 1. The molecule has 0 spiro atoms. The molecule has 1 aliphatic rings. The smallest absolute Gasteiger partial charge is 0.304 e. The van der Waals surface area contributed by atoms with Crippen LogP contribution in [-0.4, -0.2) is 42.7 Å². The zero-order valence-corrected chi connectivity index (χ0v) is 15.7. The van der Waals surface area contributed by atoms with Gasteiger partial charge in [0.15, 0.2) is 0 Å². The fourth-order valence-electron chi connectivity index (χ4n) is 2.94. The number of hydrogen-bond acceptors (Lipinski definition) is 4. The molecule has 0 unspecified atom stereocenters. The summed E-state index contributed by atoms with van der Waals surface area (Å²) in [6.45, 7) is 2.29. The van der Waals surface area contributed by atoms with Gasteiger partial charge in [0, 0.05) is 27.9 Å². The Morgan fingerprint density at radius 2 is 1.92 bits per heavy atom. The summed E-state index contributed by atoms with van der Waals surface area (Å²) < 4.78 is 0. The Morgan fingerprint density at radius 1 is 1.16 bits per heavy atom. The van der Waals surface area contributed by atoms with Gasteiger partial charge < -0.3 is 14.9 Å². The molecule has 3 rings (SSSR count). The van der Waals surface area contributed by atoms with E-state index in [1.807, 2.05) is 19.2 Å². The maximum atomic E-state index is 10.7. The van der Waals surface area contributed by atoms with E-state index in [0.717, 1.165) is 30.2 Å². The molecule has 2 aromatic rings. The Kier molecular flexibility index (Phi) is 5.89. The summed E-state index contributed by atoms with van der Waals surface area (Å²) >= 11 is 7.99. The average molecular weight is 377 g/mol. The third-order valence-corrected chi connectivity index (χ3v) is 5.58. The highest BCUT2D eigenvalue weighted by atomic mass is 35.5. The van der Waals surface area contributed by atoms with Crippen LogP contribution in [0.25, 0.3) is 0 Å². The highest BCUT2D eigenvalue weighted by Crippen LogP contribution is 2.48.